The highest BCUT2D eigenvalue weighted by Crippen LogP contribution is 2.24. The quantitative estimate of drug-likeness (QED) is 0.582. The molecule has 2 aromatic rings. The van der Waals surface area contributed by atoms with Gasteiger partial charge in [0, 0.05) is 26.9 Å². The van der Waals surface area contributed by atoms with E-state index in [1.165, 1.54) is 23.3 Å². The lowest BCUT2D eigenvalue weighted by molar-refractivity contribution is 0.0954. The minimum atomic E-state index is -0.147. The average molecular weight is 359 g/mol. The largest absolute Gasteiger partial charge is 0.271 e. The van der Waals surface area contributed by atoms with Crippen molar-refractivity contribution < 1.29 is 4.79 Å². The lowest BCUT2D eigenvalue weighted by Gasteiger charge is -2.05. The van der Waals surface area contributed by atoms with Crippen molar-refractivity contribution in [2.75, 3.05) is 0 Å². The predicted octanol–water partition coefficient (Wildman–Crippen LogP) is 5.29. The van der Waals surface area contributed by atoms with E-state index in [1.807, 2.05) is 48.5 Å². The number of hydrogen-bond acceptors (Lipinski definition) is 3. The number of rotatable bonds is 5. The summed E-state index contributed by atoms with van der Waals surface area (Å²) in [4.78, 5) is 13.3. The average Bonchev–Trinajstić information content (AvgIpc) is 3.13. The highest BCUT2D eigenvalue weighted by atomic mass is 35.5. The fourth-order valence-electron chi connectivity index (χ4n) is 2.54. The molecule has 0 heterocycles. The smallest absolute Gasteiger partial charge is 0.267 e. The molecule has 1 aliphatic rings. The van der Waals surface area contributed by atoms with E-state index in [2.05, 4.69) is 10.5 Å². The number of thioether (sulfide) groups is 1. The van der Waals surface area contributed by atoms with Crippen molar-refractivity contribution in [2.24, 2.45) is 5.10 Å². The van der Waals surface area contributed by atoms with Gasteiger partial charge in [-0.25, -0.2) is 5.43 Å². The minimum Gasteiger partial charge on any atom is -0.267 e. The number of halogens is 1. The zero-order valence-corrected chi connectivity index (χ0v) is 14.9. The molecule has 1 N–H and O–H groups in total. The molecule has 0 radical (unpaired) electrons. The Morgan fingerprint density at radius 1 is 1.04 bits per heavy atom. The minimum absolute atomic E-state index is 0.147. The van der Waals surface area contributed by atoms with E-state index in [0.29, 0.717) is 5.56 Å². The van der Waals surface area contributed by atoms with Crippen molar-refractivity contribution in [1.82, 2.24) is 5.43 Å². The molecule has 1 saturated carbocycles. The van der Waals surface area contributed by atoms with Gasteiger partial charge in [0.15, 0.2) is 0 Å². The first kappa shape index (κ1) is 17.1. The van der Waals surface area contributed by atoms with E-state index < -0.39 is 0 Å². The molecular formula is C19H19ClN2OS. The van der Waals surface area contributed by atoms with Crippen LogP contribution in [0.4, 0.5) is 0 Å². The van der Waals surface area contributed by atoms with Crippen molar-refractivity contribution in [3.8, 4) is 0 Å². The van der Waals surface area contributed by atoms with E-state index in [1.54, 1.807) is 11.8 Å². The lowest BCUT2D eigenvalue weighted by atomic mass is 10.1. The van der Waals surface area contributed by atoms with Crippen LogP contribution in [-0.4, -0.2) is 11.6 Å². The fourth-order valence-corrected chi connectivity index (χ4v) is 3.52. The SMILES string of the molecule is O=C(NN=C1CCCC1)c1ccc(CSc2ccc(Cl)cc2)cc1. The van der Waals surface area contributed by atoms with Gasteiger partial charge < -0.3 is 0 Å². The molecule has 1 amide bonds. The lowest BCUT2D eigenvalue weighted by Crippen LogP contribution is -2.19. The van der Waals surface area contributed by atoms with Gasteiger partial charge in [-0.05, 0) is 67.6 Å². The summed E-state index contributed by atoms with van der Waals surface area (Å²) in [6, 6.07) is 15.5. The van der Waals surface area contributed by atoms with E-state index in [9.17, 15) is 4.79 Å². The molecule has 0 aromatic heterocycles. The highest BCUT2D eigenvalue weighted by Gasteiger charge is 2.09. The molecule has 0 saturated heterocycles. The number of hydrazone groups is 1. The number of carbonyl (C=O) groups excluding carboxylic acids is 1. The molecule has 124 valence electrons. The van der Waals surface area contributed by atoms with Gasteiger partial charge in [-0.1, -0.05) is 23.7 Å². The van der Waals surface area contributed by atoms with E-state index in [4.69, 9.17) is 11.6 Å². The summed E-state index contributed by atoms with van der Waals surface area (Å²) in [5.74, 6) is 0.706. The first-order valence-electron chi connectivity index (χ1n) is 8.04. The normalized spacial score (nSPS) is 13.8. The Morgan fingerprint density at radius 2 is 1.71 bits per heavy atom. The van der Waals surface area contributed by atoms with Crippen LogP contribution >= 0.6 is 23.4 Å². The Hall–Kier alpha value is -1.78. The number of carbonyl (C=O) groups is 1. The Balaban J connectivity index is 1.53. The second-order valence-corrected chi connectivity index (χ2v) is 7.25. The van der Waals surface area contributed by atoms with Crippen LogP contribution in [0.3, 0.4) is 0 Å². The van der Waals surface area contributed by atoms with Crippen LogP contribution in [0.5, 0.6) is 0 Å². The van der Waals surface area contributed by atoms with Crippen molar-refractivity contribution in [3.63, 3.8) is 0 Å². The van der Waals surface area contributed by atoms with Crippen LogP contribution in [0.2, 0.25) is 5.02 Å². The molecule has 0 aliphatic heterocycles. The summed E-state index contributed by atoms with van der Waals surface area (Å²) < 4.78 is 0. The monoisotopic (exact) mass is 358 g/mol. The van der Waals surface area contributed by atoms with Gasteiger partial charge in [0.1, 0.15) is 0 Å². The van der Waals surface area contributed by atoms with Crippen LogP contribution in [0, 0.1) is 0 Å². The Labute approximate surface area is 151 Å². The van der Waals surface area contributed by atoms with Gasteiger partial charge in [-0.3, -0.25) is 4.79 Å². The fraction of sp³-hybridized carbons (Fsp3) is 0.263. The summed E-state index contributed by atoms with van der Waals surface area (Å²) in [5, 5.41) is 4.95. The van der Waals surface area contributed by atoms with Crippen LogP contribution < -0.4 is 5.43 Å². The first-order chi connectivity index (χ1) is 11.7. The molecule has 0 unspecified atom stereocenters. The summed E-state index contributed by atoms with van der Waals surface area (Å²) in [6.07, 6.45) is 4.35. The van der Waals surface area contributed by atoms with Gasteiger partial charge in [0.2, 0.25) is 0 Å². The van der Waals surface area contributed by atoms with Crippen LogP contribution in [-0.2, 0) is 5.75 Å². The molecule has 5 heteroatoms. The topological polar surface area (TPSA) is 41.5 Å². The molecule has 0 bridgehead atoms. The summed E-state index contributed by atoms with van der Waals surface area (Å²) in [6.45, 7) is 0. The molecule has 0 spiro atoms. The van der Waals surface area contributed by atoms with Crippen molar-refractivity contribution in [2.45, 2.75) is 36.3 Å². The van der Waals surface area contributed by atoms with Gasteiger partial charge >= 0.3 is 0 Å². The van der Waals surface area contributed by atoms with Crippen molar-refractivity contribution >= 4 is 35.0 Å². The summed E-state index contributed by atoms with van der Waals surface area (Å²) >= 11 is 7.63. The van der Waals surface area contributed by atoms with Gasteiger partial charge in [0.05, 0.1) is 0 Å². The molecule has 3 rings (SSSR count). The molecule has 3 nitrogen and oxygen atoms in total. The maximum atomic E-state index is 12.1. The van der Waals surface area contributed by atoms with E-state index in [-0.39, 0.29) is 5.91 Å². The number of amides is 1. The third kappa shape index (κ3) is 4.86. The zero-order chi connectivity index (χ0) is 16.8. The molecule has 24 heavy (non-hydrogen) atoms. The van der Waals surface area contributed by atoms with E-state index in [0.717, 1.165) is 29.3 Å². The van der Waals surface area contributed by atoms with Gasteiger partial charge in [0.25, 0.3) is 5.91 Å². The summed E-state index contributed by atoms with van der Waals surface area (Å²) in [5.41, 5.74) is 5.56. The third-order valence-electron chi connectivity index (χ3n) is 3.93. The van der Waals surface area contributed by atoms with Gasteiger partial charge in [-0.15, -0.1) is 11.8 Å². The second-order valence-electron chi connectivity index (χ2n) is 5.77. The second kappa shape index (κ2) is 8.36. The number of nitrogens with zero attached hydrogens (tertiary/aromatic N) is 1. The maximum Gasteiger partial charge on any atom is 0.271 e. The molecular weight excluding hydrogens is 340 g/mol. The standard InChI is InChI=1S/C19H19ClN2OS/c20-16-9-11-18(12-10-16)24-13-14-5-7-15(8-6-14)19(23)22-21-17-3-1-2-4-17/h5-12H,1-4,13H2,(H,22,23). The summed E-state index contributed by atoms with van der Waals surface area (Å²) in [7, 11) is 0. The maximum absolute atomic E-state index is 12.1. The van der Waals surface area contributed by atoms with Crippen molar-refractivity contribution in [3.05, 3.63) is 64.7 Å². The zero-order valence-electron chi connectivity index (χ0n) is 13.3. The number of benzene rings is 2. The first-order valence-corrected chi connectivity index (χ1v) is 9.40. The predicted molar refractivity (Wildman–Crippen MR) is 101 cm³/mol. The Morgan fingerprint density at radius 3 is 2.38 bits per heavy atom. The Kier molecular flexibility index (Phi) is 5.94. The molecule has 0 atom stereocenters. The van der Waals surface area contributed by atoms with Crippen molar-refractivity contribution in [1.29, 1.82) is 0 Å². The highest BCUT2D eigenvalue weighted by molar-refractivity contribution is 7.98. The molecule has 2 aromatic carbocycles. The van der Waals surface area contributed by atoms with Crippen LogP contribution in [0.15, 0.2) is 58.5 Å². The van der Waals surface area contributed by atoms with Gasteiger partial charge in [-0.2, -0.15) is 5.10 Å². The van der Waals surface area contributed by atoms with E-state index >= 15 is 0 Å². The van der Waals surface area contributed by atoms with Crippen LogP contribution in [0.25, 0.3) is 0 Å². The van der Waals surface area contributed by atoms with Crippen LogP contribution in [0.1, 0.15) is 41.6 Å². The number of hydrogen-bond donors (Lipinski definition) is 1. The molecule has 1 fully saturated rings. The Bertz CT molecular complexity index is 718. The molecule has 1 aliphatic carbocycles. The number of nitrogens with one attached hydrogen (secondary N) is 1. The third-order valence-corrected chi connectivity index (χ3v) is 5.27.